The highest BCUT2D eigenvalue weighted by Crippen LogP contribution is 2.36. The van der Waals surface area contributed by atoms with Gasteiger partial charge in [-0.2, -0.15) is 11.3 Å². The van der Waals surface area contributed by atoms with Crippen LogP contribution in [0.2, 0.25) is 0 Å². The molecule has 0 radical (unpaired) electrons. The summed E-state index contributed by atoms with van der Waals surface area (Å²) in [5.74, 6) is 0. The summed E-state index contributed by atoms with van der Waals surface area (Å²) >= 11 is 1.76. The molecule has 0 aliphatic heterocycles. The largest absolute Gasteiger partial charge is 0.398 e. The van der Waals surface area contributed by atoms with E-state index in [0.717, 1.165) is 12.2 Å². The van der Waals surface area contributed by atoms with E-state index >= 15 is 0 Å². The van der Waals surface area contributed by atoms with E-state index in [1.807, 2.05) is 6.07 Å². The van der Waals surface area contributed by atoms with Gasteiger partial charge in [-0.3, -0.25) is 0 Å². The smallest absolute Gasteiger partial charge is 0.0440 e. The molecular formula is C15H18N2S. The molecule has 94 valence electrons. The van der Waals surface area contributed by atoms with Crippen LogP contribution in [0.3, 0.4) is 0 Å². The summed E-state index contributed by atoms with van der Waals surface area (Å²) < 4.78 is 0. The topological polar surface area (TPSA) is 29.3 Å². The van der Waals surface area contributed by atoms with Crippen molar-refractivity contribution >= 4 is 22.7 Å². The Balaban J connectivity index is 1.91. The Hall–Kier alpha value is -1.48. The number of nitrogens with two attached hydrogens (primary N) is 1. The Labute approximate surface area is 112 Å². The first kappa shape index (κ1) is 11.6. The molecule has 2 aromatic rings. The standard InChI is InChI=1S/C15H18N2S/c1-11-14(16)3-2-4-15(11)17(13-5-6-13)9-12-7-8-18-10-12/h2-4,7-8,10,13H,5-6,9,16H2,1H3. The van der Waals surface area contributed by atoms with Crippen molar-refractivity contribution in [2.45, 2.75) is 32.4 Å². The van der Waals surface area contributed by atoms with Crippen LogP contribution in [0.1, 0.15) is 24.0 Å². The second-order valence-electron chi connectivity index (χ2n) is 4.98. The van der Waals surface area contributed by atoms with E-state index in [1.54, 1.807) is 11.3 Å². The lowest BCUT2D eigenvalue weighted by Gasteiger charge is -2.26. The van der Waals surface area contributed by atoms with E-state index in [2.05, 4.69) is 40.8 Å². The highest BCUT2D eigenvalue weighted by atomic mass is 32.1. The molecular weight excluding hydrogens is 240 g/mol. The van der Waals surface area contributed by atoms with Gasteiger partial charge in [0, 0.05) is 24.0 Å². The monoisotopic (exact) mass is 258 g/mol. The lowest BCUT2D eigenvalue weighted by molar-refractivity contribution is 0.793. The average molecular weight is 258 g/mol. The number of nitrogen functional groups attached to an aromatic ring is 1. The summed E-state index contributed by atoms with van der Waals surface area (Å²) in [7, 11) is 0. The van der Waals surface area contributed by atoms with Crippen LogP contribution in [0.25, 0.3) is 0 Å². The van der Waals surface area contributed by atoms with Gasteiger partial charge in [0.05, 0.1) is 0 Å². The van der Waals surface area contributed by atoms with Gasteiger partial charge in [0.15, 0.2) is 0 Å². The molecule has 0 unspecified atom stereocenters. The molecule has 1 aromatic carbocycles. The van der Waals surface area contributed by atoms with E-state index in [1.165, 1.54) is 29.7 Å². The van der Waals surface area contributed by atoms with Crippen LogP contribution < -0.4 is 10.6 Å². The SMILES string of the molecule is Cc1c(N)cccc1N(Cc1ccsc1)C1CC1. The van der Waals surface area contributed by atoms with Gasteiger partial charge in [-0.1, -0.05) is 6.07 Å². The molecule has 0 saturated heterocycles. The molecule has 1 heterocycles. The zero-order valence-corrected chi connectivity index (χ0v) is 11.4. The maximum atomic E-state index is 6.03. The number of hydrogen-bond donors (Lipinski definition) is 1. The Bertz CT molecular complexity index is 529. The lowest BCUT2D eigenvalue weighted by atomic mass is 10.1. The Morgan fingerprint density at radius 1 is 1.33 bits per heavy atom. The Morgan fingerprint density at radius 2 is 2.17 bits per heavy atom. The van der Waals surface area contributed by atoms with Crippen LogP contribution in [-0.2, 0) is 6.54 Å². The predicted molar refractivity (Wildman–Crippen MR) is 79.1 cm³/mol. The Morgan fingerprint density at radius 3 is 2.83 bits per heavy atom. The average Bonchev–Trinajstić information content (AvgIpc) is 3.08. The number of hydrogen-bond acceptors (Lipinski definition) is 3. The molecule has 0 spiro atoms. The van der Waals surface area contributed by atoms with Gasteiger partial charge < -0.3 is 10.6 Å². The summed E-state index contributed by atoms with van der Waals surface area (Å²) in [6.45, 7) is 3.12. The molecule has 1 fully saturated rings. The van der Waals surface area contributed by atoms with E-state index in [-0.39, 0.29) is 0 Å². The fourth-order valence-corrected chi connectivity index (χ4v) is 2.99. The summed E-state index contributed by atoms with van der Waals surface area (Å²) in [6.07, 6.45) is 2.61. The van der Waals surface area contributed by atoms with Crippen molar-refractivity contribution in [2.75, 3.05) is 10.6 Å². The normalized spacial score (nSPS) is 14.7. The quantitative estimate of drug-likeness (QED) is 0.845. The van der Waals surface area contributed by atoms with Crippen LogP contribution in [-0.4, -0.2) is 6.04 Å². The van der Waals surface area contributed by atoms with Crippen molar-refractivity contribution < 1.29 is 0 Å². The number of nitrogens with zero attached hydrogens (tertiary/aromatic N) is 1. The summed E-state index contributed by atoms with van der Waals surface area (Å²) in [4.78, 5) is 2.51. The summed E-state index contributed by atoms with van der Waals surface area (Å²) in [5, 5.41) is 4.38. The number of thiophene rings is 1. The predicted octanol–water partition coefficient (Wildman–Crippen LogP) is 3.81. The van der Waals surface area contributed by atoms with Crippen molar-refractivity contribution in [1.82, 2.24) is 0 Å². The Kier molecular flexibility index (Phi) is 3.00. The molecule has 3 heteroatoms. The van der Waals surface area contributed by atoms with Gasteiger partial charge in [-0.05, 0) is 59.9 Å². The molecule has 2 N–H and O–H groups in total. The number of rotatable bonds is 4. The first-order chi connectivity index (χ1) is 8.75. The minimum atomic E-state index is 0.699. The van der Waals surface area contributed by atoms with Crippen molar-refractivity contribution in [2.24, 2.45) is 0 Å². The van der Waals surface area contributed by atoms with Crippen molar-refractivity contribution in [3.8, 4) is 0 Å². The van der Waals surface area contributed by atoms with Crippen LogP contribution in [0, 0.1) is 6.92 Å². The first-order valence-electron chi connectivity index (χ1n) is 6.38. The van der Waals surface area contributed by atoms with E-state index in [4.69, 9.17) is 5.73 Å². The van der Waals surface area contributed by atoms with Crippen molar-refractivity contribution in [3.63, 3.8) is 0 Å². The fraction of sp³-hybridized carbons (Fsp3) is 0.333. The van der Waals surface area contributed by atoms with Gasteiger partial charge in [0.2, 0.25) is 0 Å². The highest BCUT2D eigenvalue weighted by Gasteiger charge is 2.30. The second kappa shape index (κ2) is 4.65. The third-order valence-corrected chi connectivity index (χ3v) is 4.31. The second-order valence-corrected chi connectivity index (χ2v) is 5.76. The minimum absolute atomic E-state index is 0.699. The summed E-state index contributed by atoms with van der Waals surface area (Å²) in [6, 6.07) is 9.14. The minimum Gasteiger partial charge on any atom is -0.398 e. The summed E-state index contributed by atoms with van der Waals surface area (Å²) in [5.41, 5.74) is 10.8. The third kappa shape index (κ3) is 2.23. The van der Waals surface area contributed by atoms with E-state index in [0.29, 0.717) is 6.04 Å². The van der Waals surface area contributed by atoms with Crippen LogP contribution >= 0.6 is 11.3 Å². The molecule has 1 aliphatic rings. The highest BCUT2D eigenvalue weighted by molar-refractivity contribution is 7.07. The van der Waals surface area contributed by atoms with Crippen LogP contribution in [0.15, 0.2) is 35.0 Å². The van der Waals surface area contributed by atoms with Gasteiger partial charge >= 0.3 is 0 Å². The molecule has 1 aliphatic carbocycles. The molecule has 0 bridgehead atoms. The maximum absolute atomic E-state index is 6.03. The molecule has 1 saturated carbocycles. The van der Waals surface area contributed by atoms with Crippen molar-refractivity contribution in [1.29, 1.82) is 0 Å². The fourth-order valence-electron chi connectivity index (χ4n) is 2.33. The number of anilines is 2. The molecule has 0 atom stereocenters. The zero-order chi connectivity index (χ0) is 12.5. The number of benzene rings is 1. The van der Waals surface area contributed by atoms with Gasteiger partial charge in [-0.25, -0.2) is 0 Å². The molecule has 0 amide bonds. The zero-order valence-electron chi connectivity index (χ0n) is 10.6. The van der Waals surface area contributed by atoms with Crippen LogP contribution in [0.4, 0.5) is 11.4 Å². The molecule has 1 aromatic heterocycles. The molecule has 3 rings (SSSR count). The van der Waals surface area contributed by atoms with Crippen molar-refractivity contribution in [3.05, 3.63) is 46.2 Å². The molecule has 2 nitrogen and oxygen atoms in total. The van der Waals surface area contributed by atoms with E-state index in [9.17, 15) is 0 Å². The maximum Gasteiger partial charge on any atom is 0.0440 e. The first-order valence-corrected chi connectivity index (χ1v) is 7.33. The van der Waals surface area contributed by atoms with Gasteiger partial charge in [-0.15, -0.1) is 0 Å². The van der Waals surface area contributed by atoms with Crippen LogP contribution in [0.5, 0.6) is 0 Å². The van der Waals surface area contributed by atoms with Gasteiger partial charge in [0.1, 0.15) is 0 Å². The van der Waals surface area contributed by atoms with Gasteiger partial charge in [0.25, 0.3) is 0 Å². The lowest BCUT2D eigenvalue weighted by Crippen LogP contribution is -2.25. The molecule has 18 heavy (non-hydrogen) atoms. The third-order valence-electron chi connectivity index (χ3n) is 3.58. The van der Waals surface area contributed by atoms with E-state index < -0.39 is 0 Å².